The third-order valence-electron chi connectivity index (χ3n) is 7.41. The fourth-order valence-corrected chi connectivity index (χ4v) is 6.67. The summed E-state index contributed by atoms with van der Waals surface area (Å²) in [5.74, 6) is 0. The Labute approximate surface area is 227 Å². The summed E-state index contributed by atoms with van der Waals surface area (Å²) in [7, 11) is 0. The molecule has 0 bridgehead atoms. The van der Waals surface area contributed by atoms with E-state index in [9.17, 15) is 10.5 Å². The third-order valence-corrected chi connectivity index (χ3v) is 8.53. The highest BCUT2D eigenvalue weighted by Crippen LogP contribution is 2.54. The van der Waals surface area contributed by atoms with Crippen LogP contribution in [0.2, 0.25) is 0 Å². The van der Waals surface area contributed by atoms with Crippen molar-refractivity contribution in [1.29, 1.82) is 10.5 Å². The lowest BCUT2D eigenvalue weighted by atomic mass is 9.82. The van der Waals surface area contributed by atoms with Crippen LogP contribution < -0.4 is 4.90 Å². The van der Waals surface area contributed by atoms with Gasteiger partial charge >= 0.3 is 0 Å². The molecule has 1 aliphatic carbocycles. The van der Waals surface area contributed by atoms with E-state index in [0.29, 0.717) is 0 Å². The van der Waals surface area contributed by atoms with Crippen LogP contribution in [-0.2, 0) is 5.41 Å². The Morgan fingerprint density at radius 1 is 0.763 bits per heavy atom. The number of hydrogen-bond donors (Lipinski definition) is 0. The highest BCUT2D eigenvalue weighted by molar-refractivity contribution is 7.16. The average molecular weight is 508 g/mol. The predicted octanol–water partition coefficient (Wildman–Crippen LogP) is 9.42. The molecule has 0 spiro atoms. The van der Waals surface area contributed by atoms with E-state index in [2.05, 4.69) is 117 Å². The zero-order valence-electron chi connectivity index (χ0n) is 21.5. The van der Waals surface area contributed by atoms with Crippen LogP contribution in [0.4, 0.5) is 17.1 Å². The van der Waals surface area contributed by atoms with E-state index in [-0.39, 0.29) is 11.0 Å². The van der Waals surface area contributed by atoms with Crippen LogP contribution in [0.3, 0.4) is 0 Å². The summed E-state index contributed by atoms with van der Waals surface area (Å²) in [5, 5.41) is 20.8. The van der Waals surface area contributed by atoms with E-state index in [4.69, 9.17) is 0 Å². The summed E-state index contributed by atoms with van der Waals surface area (Å²) < 4.78 is 0. The maximum Gasteiger partial charge on any atom is 0.131 e. The van der Waals surface area contributed by atoms with Crippen molar-refractivity contribution in [3.05, 3.63) is 118 Å². The van der Waals surface area contributed by atoms with Gasteiger partial charge in [0.2, 0.25) is 0 Å². The number of benzene rings is 4. The minimum Gasteiger partial charge on any atom is -0.310 e. The quantitative estimate of drug-likeness (QED) is 0.228. The molecule has 0 fully saturated rings. The Balaban J connectivity index is 1.49. The Morgan fingerprint density at radius 3 is 2.16 bits per heavy atom. The lowest BCUT2D eigenvalue weighted by Gasteiger charge is -2.28. The van der Waals surface area contributed by atoms with Crippen LogP contribution in [-0.4, -0.2) is 0 Å². The maximum atomic E-state index is 9.20. The van der Waals surface area contributed by atoms with Gasteiger partial charge in [-0.25, -0.2) is 0 Å². The molecule has 0 radical (unpaired) electrons. The number of hydrogen-bond acceptors (Lipinski definition) is 4. The average Bonchev–Trinajstić information content (AvgIpc) is 3.45. The second kappa shape index (κ2) is 9.03. The fraction of sp³-hybridized carbons (Fsp3) is 0.118. The number of nitriles is 2. The molecule has 182 valence electrons. The molecular weight excluding hydrogens is 482 g/mol. The van der Waals surface area contributed by atoms with Gasteiger partial charge in [-0.15, -0.1) is 11.3 Å². The van der Waals surface area contributed by atoms with Crippen LogP contribution in [0.25, 0.3) is 27.3 Å². The zero-order chi connectivity index (χ0) is 26.4. The largest absolute Gasteiger partial charge is 0.310 e. The molecule has 1 aromatic heterocycles. The first kappa shape index (κ1) is 23.7. The Morgan fingerprint density at radius 2 is 1.42 bits per heavy atom. The smallest absolute Gasteiger partial charge is 0.131 e. The topological polar surface area (TPSA) is 50.8 Å². The Bertz CT molecular complexity index is 1810. The first-order valence-corrected chi connectivity index (χ1v) is 13.4. The first-order chi connectivity index (χ1) is 18.4. The van der Waals surface area contributed by atoms with E-state index in [1.807, 2.05) is 12.1 Å². The number of allylic oxidation sites excluding steroid dienone is 1. The van der Waals surface area contributed by atoms with Crippen LogP contribution in [0.1, 0.15) is 35.4 Å². The van der Waals surface area contributed by atoms with Gasteiger partial charge in [0.15, 0.2) is 0 Å². The standard InChI is InChI=1S/C34H25N3S/c1-22-8-11-26(12-9-22)37(27-13-10-24-6-4-5-7-25(24)17-27)28-14-15-30-31(18-28)34(2,3)32-19-29(38-33(30)32)16-23(20-35)21-36/h4-19H,1-3H3. The van der Waals surface area contributed by atoms with Crippen molar-refractivity contribution in [3.8, 4) is 22.6 Å². The van der Waals surface area contributed by atoms with Gasteiger partial charge in [0.1, 0.15) is 17.7 Å². The molecule has 6 rings (SSSR count). The zero-order valence-corrected chi connectivity index (χ0v) is 22.3. The minimum atomic E-state index is -0.203. The molecule has 1 aliphatic rings. The predicted molar refractivity (Wildman–Crippen MR) is 158 cm³/mol. The molecular formula is C34H25N3S. The third kappa shape index (κ3) is 3.88. The van der Waals surface area contributed by atoms with Crippen molar-refractivity contribution in [2.45, 2.75) is 26.2 Å². The molecule has 1 heterocycles. The lowest BCUT2D eigenvalue weighted by Crippen LogP contribution is -2.16. The molecule has 0 aliphatic heterocycles. The highest BCUT2D eigenvalue weighted by Gasteiger charge is 2.37. The second-order valence-corrected chi connectivity index (χ2v) is 11.3. The number of anilines is 3. The number of fused-ring (bicyclic) bond motifs is 4. The van der Waals surface area contributed by atoms with Crippen molar-refractivity contribution in [3.63, 3.8) is 0 Å². The highest BCUT2D eigenvalue weighted by atomic mass is 32.1. The number of aryl methyl sites for hydroxylation is 1. The molecule has 4 heteroatoms. The van der Waals surface area contributed by atoms with E-state index in [1.165, 1.54) is 37.9 Å². The SMILES string of the molecule is Cc1ccc(N(c2ccc3c(c2)C(C)(C)c2cc(C=C(C#N)C#N)sc2-3)c2ccc3ccccc3c2)cc1. The summed E-state index contributed by atoms with van der Waals surface area (Å²) in [4.78, 5) is 4.48. The number of nitrogens with zero attached hydrogens (tertiary/aromatic N) is 3. The van der Waals surface area contributed by atoms with Crippen molar-refractivity contribution in [1.82, 2.24) is 0 Å². The summed E-state index contributed by atoms with van der Waals surface area (Å²) in [6.45, 7) is 6.62. The van der Waals surface area contributed by atoms with Crippen LogP contribution in [0.5, 0.6) is 0 Å². The maximum absolute atomic E-state index is 9.20. The molecule has 5 aromatic rings. The lowest BCUT2D eigenvalue weighted by molar-refractivity contribution is 0.662. The van der Waals surface area contributed by atoms with Crippen molar-refractivity contribution in [2.24, 2.45) is 0 Å². The monoisotopic (exact) mass is 507 g/mol. The molecule has 0 atom stereocenters. The van der Waals surface area contributed by atoms with Gasteiger partial charge in [0, 0.05) is 32.2 Å². The summed E-state index contributed by atoms with van der Waals surface area (Å²) in [6.07, 6.45) is 1.69. The normalized spacial score (nSPS) is 12.8. The van der Waals surface area contributed by atoms with Gasteiger partial charge in [-0.1, -0.05) is 67.9 Å². The molecule has 38 heavy (non-hydrogen) atoms. The van der Waals surface area contributed by atoms with Crippen molar-refractivity contribution >= 4 is 45.2 Å². The van der Waals surface area contributed by atoms with Crippen LogP contribution >= 0.6 is 11.3 Å². The molecule has 4 aromatic carbocycles. The summed E-state index contributed by atoms with van der Waals surface area (Å²) in [6, 6.07) is 36.6. The molecule has 0 unspecified atom stereocenters. The summed E-state index contributed by atoms with van der Waals surface area (Å²) >= 11 is 1.64. The van der Waals surface area contributed by atoms with E-state index < -0.39 is 0 Å². The Kier molecular flexibility index (Phi) is 5.64. The first-order valence-electron chi connectivity index (χ1n) is 12.6. The number of rotatable bonds is 4. The number of thiophene rings is 1. The minimum absolute atomic E-state index is 0.127. The second-order valence-electron chi connectivity index (χ2n) is 10.2. The molecule has 0 saturated heterocycles. The molecule has 3 nitrogen and oxygen atoms in total. The van der Waals surface area contributed by atoms with Crippen LogP contribution in [0.15, 0.2) is 96.6 Å². The molecule has 0 amide bonds. The fourth-order valence-electron chi connectivity index (χ4n) is 5.37. The Hall–Kier alpha value is -4.64. The van der Waals surface area contributed by atoms with E-state index >= 15 is 0 Å². The van der Waals surface area contributed by atoms with Crippen LogP contribution in [0, 0.1) is 29.6 Å². The van der Waals surface area contributed by atoms with Gasteiger partial charge in [0.25, 0.3) is 0 Å². The van der Waals surface area contributed by atoms with Gasteiger partial charge in [0.05, 0.1) is 0 Å². The van der Waals surface area contributed by atoms with Gasteiger partial charge in [-0.2, -0.15) is 10.5 Å². The van der Waals surface area contributed by atoms with E-state index in [1.54, 1.807) is 17.4 Å². The summed E-state index contributed by atoms with van der Waals surface area (Å²) in [5.41, 5.74) is 8.24. The van der Waals surface area contributed by atoms with E-state index in [0.717, 1.165) is 21.9 Å². The van der Waals surface area contributed by atoms with Crippen molar-refractivity contribution < 1.29 is 0 Å². The molecule has 0 N–H and O–H groups in total. The van der Waals surface area contributed by atoms with Crippen molar-refractivity contribution in [2.75, 3.05) is 4.90 Å². The van der Waals surface area contributed by atoms with Gasteiger partial charge < -0.3 is 4.90 Å². The molecule has 0 saturated carbocycles. The van der Waals surface area contributed by atoms with Gasteiger partial charge in [-0.3, -0.25) is 0 Å². The van der Waals surface area contributed by atoms with Gasteiger partial charge in [-0.05, 0) is 82.9 Å².